The van der Waals surface area contributed by atoms with Gasteiger partial charge in [-0.15, -0.1) is 0 Å². The topological polar surface area (TPSA) is 144 Å². The third kappa shape index (κ3) is 8.26. The summed E-state index contributed by atoms with van der Waals surface area (Å²) >= 11 is 0. The van der Waals surface area contributed by atoms with Crippen molar-refractivity contribution in [1.29, 1.82) is 0 Å². The summed E-state index contributed by atoms with van der Waals surface area (Å²) in [6.45, 7) is 5.23. The first-order valence-electron chi connectivity index (χ1n) is 13.7. The van der Waals surface area contributed by atoms with Crippen LogP contribution < -0.4 is 10.6 Å². The highest BCUT2D eigenvalue weighted by atomic mass is 32.2. The molecule has 0 unspecified atom stereocenters. The van der Waals surface area contributed by atoms with Crippen LogP contribution in [0.25, 0.3) is 17.2 Å². The van der Waals surface area contributed by atoms with Crippen LogP contribution in [-0.4, -0.2) is 56.8 Å². The Labute approximate surface area is 263 Å². The molecule has 0 saturated carbocycles. The molecule has 0 aliphatic carbocycles. The Kier molecular flexibility index (Phi) is 9.66. The Morgan fingerprint density at radius 3 is 1.84 bits per heavy atom. The van der Waals surface area contributed by atoms with Gasteiger partial charge in [-0.3, -0.25) is 10.1 Å². The number of amides is 2. The lowest BCUT2D eigenvalue weighted by Gasteiger charge is -2.20. The van der Waals surface area contributed by atoms with Gasteiger partial charge in [-0.05, 0) is 86.0 Å². The fourth-order valence-corrected chi connectivity index (χ4v) is 6.18. The van der Waals surface area contributed by atoms with Crippen molar-refractivity contribution in [3.8, 4) is 11.1 Å². The fourth-order valence-electron chi connectivity index (χ4n) is 4.07. The number of nitrogens with zero attached hydrogens (tertiary/aromatic N) is 2. The normalized spacial score (nSPS) is 12.3. The average Bonchev–Trinajstić information content (AvgIpc) is 3.46. The summed E-state index contributed by atoms with van der Waals surface area (Å²) in [7, 11) is -4.57. The molecule has 0 saturated heterocycles. The van der Waals surface area contributed by atoms with Crippen LogP contribution in [0, 0.1) is 0 Å². The zero-order chi connectivity index (χ0) is 33.0. The predicted octanol–water partition coefficient (Wildman–Crippen LogP) is 5.64. The van der Waals surface area contributed by atoms with E-state index >= 15 is 0 Å². The van der Waals surface area contributed by atoms with Crippen LogP contribution in [0.1, 0.15) is 26.3 Å². The number of rotatable bonds is 9. The van der Waals surface area contributed by atoms with E-state index in [0.717, 1.165) is 13.8 Å². The largest absolute Gasteiger partial charge is 0.444 e. The molecule has 4 aromatic rings. The minimum absolute atomic E-state index is 0.0519. The van der Waals surface area contributed by atoms with Crippen molar-refractivity contribution in [2.45, 2.75) is 36.2 Å². The third-order valence-corrected chi connectivity index (χ3v) is 9.81. The molecule has 4 rings (SSSR count). The molecular weight excluding hydrogens is 617 g/mol. The summed E-state index contributed by atoms with van der Waals surface area (Å²) in [4.78, 5) is 25.0. The van der Waals surface area contributed by atoms with Crippen LogP contribution in [0.4, 0.5) is 16.2 Å². The van der Waals surface area contributed by atoms with E-state index in [9.17, 15) is 26.4 Å². The number of hydrogen-bond acceptors (Lipinski definition) is 7. The maximum atomic E-state index is 13.2. The van der Waals surface area contributed by atoms with Gasteiger partial charge in [0.1, 0.15) is 5.60 Å². The number of aromatic nitrogens is 1. The lowest BCUT2D eigenvalue weighted by atomic mass is 10.1. The van der Waals surface area contributed by atoms with Crippen molar-refractivity contribution in [2.24, 2.45) is 0 Å². The zero-order valence-corrected chi connectivity index (χ0v) is 27.0. The van der Waals surface area contributed by atoms with Crippen LogP contribution in [0.15, 0.2) is 107 Å². The SMILES string of the molecule is CN(C)S(=O)(=O)c1ccc(-c2ccc(S(=O)(=O)n3ccc(C=CC(=O)Nc4ccccc4NC(=O)OC(C)(C)C)c3)cc2)cc1. The molecule has 0 atom stereocenters. The van der Waals surface area contributed by atoms with E-state index in [4.69, 9.17) is 4.74 Å². The summed E-state index contributed by atoms with van der Waals surface area (Å²) in [5, 5.41) is 5.30. The second-order valence-electron chi connectivity index (χ2n) is 11.1. The third-order valence-electron chi connectivity index (χ3n) is 6.33. The van der Waals surface area contributed by atoms with E-state index in [0.29, 0.717) is 22.5 Å². The first-order valence-corrected chi connectivity index (χ1v) is 16.6. The Balaban J connectivity index is 1.42. The molecule has 0 radical (unpaired) electrons. The standard InChI is InChI=1S/C32H34N4O7S2/c1-32(2,3)43-31(38)34-29-9-7-6-8-28(29)33-30(37)19-10-23-20-21-36(22-23)45(41,42)27-17-13-25(14-18-27)24-11-15-26(16-12-24)44(39,40)35(4)5/h6-22H,1-5H3,(H,33,37)(H,34,38). The number of nitrogens with one attached hydrogen (secondary N) is 2. The Morgan fingerprint density at radius 1 is 0.778 bits per heavy atom. The van der Waals surface area contributed by atoms with E-state index in [1.165, 1.54) is 62.9 Å². The molecule has 45 heavy (non-hydrogen) atoms. The van der Waals surface area contributed by atoms with Gasteiger partial charge < -0.3 is 10.1 Å². The number of hydrogen-bond donors (Lipinski definition) is 2. The maximum Gasteiger partial charge on any atom is 0.412 e. The van der Waals surface area contributed by atoms with Crippen LogP contribution >= 0.6 is 0 Å². The highest BCUT2D eigenvalue weighted by molar-refractivity contribution is 7.90. The van der Waals surface area contributed by atoms with Crippen LogP contribution in [-0.2, 0) is 29.6 Å². The quantitative estimate of drug-likeness (QED) is 0.223. The molecule has 1 heterocycles. The number of anilines is 2. The van der Waals surface area contributed by atoms with Crippen LogP contribution in [0.2, 0.25) is 0 Å². The smallest absolute Gasteiger partial charge is 0.412 e. The van der Waals surface area contributed by atoms with E-state index in [1.54, 1.807) is 75.4 Å². The van der Waals surface area contributed by atoms with Crippen molar-refractivity contribution in [1.82, 2.24) is 8.28 Å². The predicted molar refractivity (Wildman–Crippen MR) is 174 cm³/mol. The highest BCUT2D eigenvalue weighted by Crippen LogP contribution is 2.26. The fraction of sp³-hybridized carbons (Fsp3) is 0.188. The molecule has 0 bridgehead atoms. The number of benzene rings is 3. The van der Waals surface area contributed by atoms with E-state index in [-0.39, 0.29) is 9.79 Å². The van der Waals surface area contributed by atoms with E-state index in [2.05, 4.69) is 10.6 Å². The Bertz CT molecular complexity index is 1940. The van der Waals surface area contributed by atoms with E-state index < -0.39 is 37.6 Å². The van der Waals surface area contributed by atoms with Gasteiger partial charge in [-0.2, -0.15) is 0 Å². The molecular formula is C32H34N4O7S2. The van der Waals surface area contributed by atoms with Gasteiger partial charge in [0.25, 0.3) is 10.0 Å². The number of carbonyl (C=O) groups is 2. The lowest BCUT2D eigenvalue weighted by Crippen LogP contribution is -2.27. The number of ether oxygens (including phenoxy) is 1. The van der Waals surface area contributed by atoms with Crippen molar-refractivity contribution in [3.63, 3.8) is 0 Å². The summed E-state index contributed by atoms with van der Waals surface area (Å²) < 4.78 is 58.6. The monoisotopic (exact) mass is 650 g/mol. The summed E-state index contributed by atoms with van der Waals surface area (Å²) in [5.74, 6) is -0.494. The van der Waals surface area contributed by atoms with E-state index in [1.807, 2.05) is 0 Å². The molecule has 11 nitrogen and oxygen atoms in total. The molecule has 0 aliphatic heterocycles. The average molecular weight is 651 g/mol. The van der Waals surface area contributed by atoms with Gasteiger partial charge in [0, 0.05) is 32.6 Å². The maximum absolute atomic E-state index is 13.2. The summed E-state index contributed by atoms with van der Waals surface area (Å²) in [6, 6.07) is 20.8. The second-order valence-corrected chi connectivity index (χ2v) is 15.1. The van der Waals surface area contributed by atoms with Crippen molar-refractivity contribution in [3.05, 3.63) is 103 Å². The van der Waals surface area contributed by atoms with Crippen molar-refractivity contribution < 1.29 is 31.2 Å². The molecule has 1 aromatic heterocycles. The van der Waals surface area contributed by atoms with Gasteiger partial charge >= 0.3 is 6.09 Å². The van der Waals surface area contributed by atoms with Crippen LogP contribution in [0.3, 0.4) is 0 Å². The number of carbonyl (C=O) groups excluding carboxylic acids is 2. The number of sulfonamides is 1. The van der Waals surface area contributed by atoms with Crippen molar-refractivity contribution >= 4 is 49.5 Å². The molecule has 3 aromatic carbocycles. The van der Waals surface area contributed by atoms with Crippen LogP contribution in [0.5, 0.6) is 0 Å². The second kappa shape index (κ2) is 13.1. The molecule has 2 amide bonds. The Morgan fingerprint density at radius 2 is 1.31 bits per heavy atom. The number of para-hydroxylation sites is 2. The molecule has 0 spiro atoms. The molecule has 0 fully saturated rings. The summed E-state index contributed by atoms with van der Waals surface area (Å²) in [5.41, 5.74) is 1.94. The van der Waals surface area contributed by atoms with Crippen molar-refractivity contribution in [2.75, 3.05) is 24.7 Å². The lowest BCUT2D eigenvalue weighted by molar-refractivity contribution is -0.111. The first-order chi connectivity index (χ1) is 21.1. The molecule has 2 N–H and O–H groups in total. The van der Waals surface area contributed by atoms with Gasteiger partial charge in [-0.25, -0.2) is 29.9 Å². The molecule has 13 heteroatoms. The van der Waals surface area contributed by atoms with Gasteiger partial charge in [0.2, 0.25) is 15.9 Å². The summed E-state index contributed by atoms with van der Waals surface area (Å²) in [6.07, 6.45) is 4.82. The zero-order valence-electron chi connectivity index (χ0n) is 25.4. The Hall–Kier alpha value is -4.72. The minimum atomic E-state index is -3.92. The minimum Gasteiger partial charge on any atom is -0.444 e. The van der Waals surface area contributed by atoms with Gasteiger partial charge in [-0.1, -0.05) is 36.4 Å². The highest BCUT2D eigenvalue weighted by Gasteiger charge is 2.19. The first kappa shape index (κ1) is 33.2. The van der Waals surface area contributed by atoms with Gasteiger partial charge in [0.05, 0.1) is 21.2 Å². The molecule has 236 valence electrons. The molecule has 0 aliphatic rings. The van der Waals surface area contributed by atoms with Gasteiger partial charge in [0.15, 0.2) is 0 Å².